The number of rotatable bonds is 8. The number of hydrogen-bond donors (Lipinski definition) is 2. The molecule has 2 aliphatic rings. The SMILES string of the molecule is C[C@H]1CN([C@@H](C)CO)C(=O)c2cccc(NC(=O)C3CC3)c2O[C@@H]1CN(C)Cc1ccc(Cl)c(Cl)c1. The molecule has 2 aromatic carbocycles. The van der Waals surface area contributed by atoms with Crippen LogP contribution in [0.2, 0.25) is 10.0 Å². The van der Waals surface area contributed by atoms with E-state index in [2.05, 4.69) is 10.2 Å². The van der Waals surface area contributed by atoms with Gasteiger partial charge in [-0.2, -0.15) is 0 Å². The zero-order valence-corrected chi connectivity index (χ0v) is 22.4. The van der Waals surface area contributed by atoms with Crippen molar-refractivity contribution in [2.45, 2.75) is 45.4 Å². The number of halogens is 2. The Morgan fingerprint density at radius 2 is 2.00 bits per heavy atom. The van der Waals surface area contributed by atoms with Gasteiger partial charge in [0.1, 0.15) is 6.10 Å². The molecule has 7 nitrogen and oxygen atoms in total. The average Bonchev–Trinajstić information content (AvgIpc) is 3.69. The summed E-state index contributed by atoms with van der Waals surface area (Å²) in [4.78, 5) is 29.9. The van der Waals surface area contributed by atoms with Crippen molar-refractivity contribution in [3.63, 3.8) is 0 Å². The minimum Gasteiger partial charge on any atom is -0.486 e. The van der Waals surface area contributed by atoms with Gasteiger partial charge >= 0.3 is 0 Å². The molecule has 3 atom stereocenters. The molecule has 4 rings (SSSR count). The molecule has 0 bridgehead atoms. The predicted octanol–water partition coefficient (Wildman–Crippen LogP) is 4.69. The van der Waals surface area contributed by atoms with Gasteiger partial charge in [-0.1, -0.05) is 42.3 Å². The molecular formula is C27H33Cl2N3O4. The van der Waals surface area contributed by atoms with E-state index in [1.807, 2.05) is 33.0 Å². The summed E-state index contributed by atoms with van der Waals surface area (Å²) in [7, 11) is 2.00. The number of carbonyl (C=O) groups excluding carboxylic acids is 2. The van der Waals surface area contributed by atoms with Crippen LogP contribution in [0.4, 0.5) is 5.69 Å². The van der Waals surface area contributed by atoms with Crippen molar-refractivity contribution in [2.75, 3.05) is 32.1 Å². The molecule has 0 saturated heterocycles. The van der Waals surface area contributed by atoms with Gasteiger partial charge in [0.25, 0.3) is 5.91 Å². The van der Waals surface area contributed by atoms with Gasteiger partial charge in [0.15, 0.2) is 5.75 Å². The Labute approximate surface area is 222 Å². The van der Waals surface area contributed by atoms with Crippen LogP contribution < -0.4 is 10.1 Å². The molecule has 1 aliphatic carbocycles. The highest BCUT2D eigenvalue weighted by Crippen LogP contribution is 2.37. The molecule has 0 radical (unpaired) electrons. The maximum absolute atomic E-state index is 13.5. The highest BCUT2D eigenvalue weighted by molar-refractivity contribution is 6.42. The first-order valence-corrected chi connectivity index (χ1v) is 13.1. The Hall–Kier alpha value is -2.32. The van der Waals surface area contributed by atoms with E-state index >= 15 is 0 Å². The molecule has 1 aliphatic heterocycles. The van der Waals surface area contributed by atoms with Crippen LogP contribution >= 0.6 is 23.2 Å². The predicted molar refractivity (Wildman–Crippen MR) is 142 cm³/mol. The number of anilines is 1. The van der Waals surface area contributed by atoms with Crippen molar-refractivity contribution < 1.29 is 19.4 Å². The summed E-state index contributed by atoms with van der Waals surface area (Å²) >= 11 is 12.3. The summed E-state index contributed by atoms with van der Waals surface area (Å²) in [5.41, 5.74) is 1.91. The summed E-state index contributed by atoms with van der Waals surface area (Å²) in [6.45, 7) is 5.36. The Balaban J connectivity index is 1.63. The summed E-state index contributed by atoms with van der Waals surface area (Å²) in [5, 5.41) is 13.8. The maximum atomic E-state index is 13.5. The van der Waals surface area contributed by atoms with Gasteiger partial charge < -0.3 is 20.1 Å². The summed E-state index contributed by atoms with van der Waals surface area (Å²) in [5.74, 6) is 0.0840. The van der Waals surface area contributed by atoms with E-state index in [9.17, 15) is 14.7 Å². The largest absolute Gasteiger partial charge is 0.486 e. The van der Waals surface area contributed by atoms with Gasteiger partial charge in [0.05, 0.1) is 33.9 Å². The van der Waals surface area contributed by atoms with Crippen LogP contribution in [-0.4, -0.2) is 65.6 Å². The van der Waals surface area contributed by atoms with Gasteiger partial charge in [-0.15, -0.1) is 0 Å². The number of fused-ring (bicyclic) bond motifs is 1. The van der Waals surface area contributed by atoms with Crippen LogP contribution in [0.3, 0.4) is 0 Å². The number of ether oxygens (including phenoxy) is 1. The van der Waals surface area contributed by atoms with E-state index in [-0.39, 0.29) is 42.4 Å². The molecule has 194 valence electrons. The second-order valence-electron chi connectivity index (χ2n) is 10.0. The lowest BCUT2D eigenvalue weighted by Gasteiger charge is -2.38. The van der Waals surface area contributed by atoms with Crippen molar-refractivity contribution >= 4 is 40.7 Å². The lowest BCUT2D eigenvalue weighted by Crippen LogP contribution is -2.49. The van der Waals surface area contributed by atoms with Crippen LogP contribution in [0.15, 0.2) is 36.4 Å². The van der Waals surface area contributed by atoms with Crippen LogP contribution in [0.1, 0.15) is 42.6 Å². The van der Waals surface area contributed by atoms with Crippen LogP contribution in [0.25, 0.3) is 0 Å². The average molecular weight is 534 g/mol. The maximum Gasteiger partial charge on any atom is 0.258 e. The molecule has 9 heteroatoms. The number of likely N-dealkylation sites (N-methyl/N-ethyl adjacent to an activating group) is 1. The van der Waals surface area contributed by atoms with E-state index in [1.54, 1.807) is 29.2 Å². The van der Waals surface area contributed by atoms with Gasteiger partial charge in [-0.25, -0.2) is 0 Å². The molecule has 1 fully saturated rings. The number of nitrogens with one attached hydrogen (secondary N) is 1. The zero-order chi connectivity index (χ0) is 26.0. The number of nitrogens with zero attached hydrogens (tertiary/aromatic N) is 2. The first-order chi connectivity index (χ1) is 17.2. The topological polar surface area (TPSA) is 82.1 Å². The highest BCUT2D eigenvalue weighted by atomic mass is 35.5. The van der Waals surface area contributed by atoms with Crippen molar-refractivity contribution in [2.24, 2.45) is 11.8 Å². The van der Waals surface area contributed by atoms with Gasteiger partial charge in [0.2, 0.25) is 5.91 Å². The third-order valence-electron chi connectivity index (χ3n) is 6.83. The molecule has 2 amide bonds. The molecule has 0 spiro atoms. The van der Waals surface area contributed by atoms with E-state index in [0.717, 1.165) is 18.4 Å². The van der Waals surface area contributed by atoms with Crippen LogP contribution in [0, 0.1) is 11.8 Å². The summed E-state index contributed by atoms with van der Waals surface area (Å²) in [6.07, 6.45) is 1.47. The van der Waals surface area contributed by atoms with E-state index in [0.29, 0.717) is 46.7 Å². The minimum atomic E-state index is -0.356. The Morgan fingerprint density at radius 1 is 1.25 bits per heavy atom. The first kappa shape index (κ1) is 26.7. The third-order valence-corrected chi connectivity index (χ3v) is 7.56. The molecule has 36 heavy (non-hydrogen) atoms. The normalized spacial score (nSPS) is 20.9. The molecule has 0 aromatic heterocycles. The Bertz CT molecular complexity index is 1120. The second-order valence-corrected chi connectivity index (χ2v) is 10.8. The number of carbonyl (C=O) groups is 2. The molecule has 2 N–H and O–H groups in total. The molecule has 1 heterocycles. The third kappa shape index (κ3) is 6.14. The van der Waals surface area contributed by atoms with Crippen molar-refractivity contribution in [1.82, 2.24) is 9.80 Å². The lowest BCUT2D eigenvalue weighted by molar-refractivity contribution is -0.117. The van der Waals surface area contributed by atoms with Gasteiger partial charge in [-0.3, -0.25) is 14.5 Å². The molecular weight excluding hydrogens is 501 g/mol. The van der Waals surface area contributed by atoms with Crippen molar-refractivity contribution in [1.29, 1.82) is 0 Å². The zero-order valence-electron chi connectivity index (χ0n) is 20.8. The summed E-state index contributed by atoms with van der Waals surface area (Å²) < 4.78 is 6.55. The van der Waals surface area contributed by atoms with Crippen molar-refractivity contribution in [3.8, 4) is 5.75 Å². The molecule has 0 unspecified atom stereocenters. The van der Waals surface area contributed by atoms with E-state index < -0.39 is 0 Å². The quantitative estimate of drug-likeness (QED) is 0.514. The van der Waals surface area contributed by atoms with Crippen LogP contribution in [-0.2, 0) is 11.3 Å². The second kappa shape index (κ2) is 11.4. The number of aliphatic hydroxyl groups excluding tert-OH is 1. The smallest absolute Gasteiger partial charge is 0.258 e. The van der Waals surface area contributed by atoms with Gasteiger partial charge in [0, 0.05) is 31.5 Å². The van der Waals surface area contributed by atoms with E-state index in [4.69, 9.17) is 27.9 Å². The number of amides is 2. The number of aliphatic hydroxyl groups is 1. The Kier molecular flexibility index (Phi) is 8.45. The fraction of sp³-hybridized carbons (Fsp3) is 0.481. The fourth-order valence-corrected chi connectivity index (χ4v) is 4.78. The van der Waals surface area contributed by atoms with Crippen LogP contribution in [0.5, 0.6) is 5.75 Å². The molecule has 2 aromatic rings. The lowest BCUT2D eigenvalue weighted by atomic mass is 9.98. The van der Waals surface area contributed by atoms with Crippen molar-refractivity contribution in [3.05, 3.63) is 57.6 Å². The highest BCUT2D eigenvalue weighted by Gasteiger charge is 2.36. The summed E-state index contributed by atoms with van der Waals surface area (Å²) in [6, 6.07) is 10.5. The first-order valence-electron chi connectivity index (χ1n) is 12.3. The standard InChI is InChI=1S/C27H33Cl2N3O4/c1-16-12-32(17(2)15-33)27(35)20-5-4-6-23(30-26(34)19-8-9-19)25(20)36-24(16)14-31(3)13-18-7-10-21(28)22(29)11-18/h4-7,10-11,16-17,19,24,33H,8-9,12-15H2,1-3H3,(H,30,34)/t16-,17-,24+/m0/s1. The monoisotopic (exact) mass is 533 g/mol. The van der Waals surface area contributed by atoms with Gasteiger partial charge in [-0.05, 0) is 56.6 Å². The number of hydrogen-bond acceptors (Lipinski definition) is 5. The number of benzene rings is 2. The molecule has 1 saturated carbocycles. The minimum absolute atomic E-state index is 0.0167. The number of para-hydroxylation sites is 1. The fourth-order valence-electron chi connectivity index (χ4n) is 4.46. The Morgan fingerprint density at radius 3 is 2.67 bits per heavy atom. The van der Waals surface area contributed by atoms with E-state index in [1.165, 1.54) is 0 Å².